The summed E-state index contributed by atoms with van der Waals surface area (Å²) < 4.78 is 31.4. The van der Waals surface area contributed by atoms with Crippen molar-refractivity contribution in [2.24, 2.45) is 0 Å². The molecule has 3 aromatic rings. The van der Waals surface area contributed by atoms with E-state index in [4.69, 9.17) is 27.9 Å². The molecule has 274 valence electrons. The molecule has 18 heteroatoms. The van der Waals surface area contributed by atoms with Crippen LogP contribution in [0.2, 0.25) is 10.0 Å². The van der Waals surface area contributed by atoms with Gasteiger partial charge in [0, 0.05) is 22.2 Å². The van der Waals surface area contributed by atoms with Crippen LogP contribution in [0.25, 0.3) is 0 Å². The van der Waals surface area contributed by atoms with Crippen LogP contribution in [0.15, 0.2) is 84.1 Å². The molecule has 0 saturated carbocycles. The standard InChI is InChI=1S/C35H33Cl2N3O11S.Na/c36-24-12-11-22(26(37)15-24)17-51-35(48)38-13-5-10-25(20-8-4-9-21(14-20)27(33(44)45)19-6-2-1-3-7-19)30(42)39-28-31(43)40-29(34(46)47)23(16-41)18-52(49,50)32(28)40;/h1-4,6-9,11-12,14-15,25,27-28,32,41H,5,10,13,16-18H2,(H,38,48)(H,39,42)(H,44,45)(H,46,47);/q;+1/p-1/t25?,27?,28-,32-;/m0./s1. The van der Waals surface area contributed by atoms with Crippen LogP contribution in [0.3, 0.4) is 0 Å². The number of β-lactam (4-membered cyclic amide) rings is 1. The maximum atomic E-state index is 13.9. The number of aliphatic hydroxyl groups excluding tert-OH is 1. The second-order valence-corrected chi connectivity index (χ2v) is 15.0. The molecule has 0 radical (unpaired) electrons. The summed E-state index contributed by atoms with van der Waals surface area (Å²) in [6.45, 7) is -1.06. The first kappa shape index (κ1) is 41.8. The van der Waals surface area contributed by atoms with E-state index < -0.39 is 86.6 Å². The van der Waals surface area contributed by atoms with Crippen molar-refractivity contribution in [1.29, 1.82) is 0 Å². The number of alkyl carbamates (subject to hydrolysis) is 1. The minimum Gasteiger partial charge on any atom is -0.543 e. The molecule has 2 unspecified atom stereocenters. The molecule has 3 amide bonds. The van der Waals surface area contributed by atoms with Crippen LogP contribution in [-0.4, -0.2) is 83.7 Å². The number of aliphatic carboxylic acids is 2. The van der Waals surface area contributed by atoms with Crippen molar-refractivity contribution in [2.75, 3.05) is 18.9 Å². The van der Waals surface area contributed by atoms with Gasteiger partial charge in [0.1, 0.15) is 18.6 Å². The SMILES string of the molecule is O=C(NCCCC(C(=O)N[C@H]1C(=O)N2C(C(=O)[O-])=C(CO)CS(=O)(=O)[C@@H]12)c1cccc(C(C(=O)O)c2ccccc2)c1)OCc1ccc(Cl)cc1Cl.[Na+]. The van der Waals surface area contributed by atoms with Crippen molar-refractivity contribution in [1.82, 2.24) is 15.5 Å². The fourth-order valence-electron chi connectivity index (χ4n) is 6.24. The molecule has 14 nitrogen and oxygen atoms in total. The predicted octanol–water partition coefficient (Wildman–Crippen LogP) is -0.918. The van der Waals surface area contributed by atoms with E-state index in [1.165, 1.54) is 12.1 Å². The van der Waals surface area contributed by atoms with Crippen molar-refractivity contribution in [3.8, 4) is 0 Å². The van der Waals surface area contributed by atoms with E-state index in [0.717, 1.165) is 0 Å². The minimum atomic E-state index is -4.25. The average Bonchev–Trinajstić information content (AvgIpc) is 3.09. The number of nitrogens with one attached hydrogen (secondary N) is 2. The first-order chi connectivity index (χ1) is 24.7. The van der Waals surface area contributed by atoms with Gasteiger partial charge in [-0.15, -0.1) is 0 Å². The summed E-state index contributed by atoms with van der Waals surface area (Å²) in [6.07, 6.45) is -0.574. The van der Waals surface area contributed by atoms with Crippen LogP contribution in [0.5, 0.6) is 0 Å². The van der Waals surface area contributed by atoms with Crippen molar-refractivity contribution in [3.05, 3.63) is 116 Å². The van der Waals surface area contributed by atoms with Gasteiger partial charge in [-0.05, 0) is 47.2 Å². The molecule has 0 bridgehead atoms. The molecule has 0 spiro atoms. The van der Waals surface area contributed by atoms with Crippen LogP contribution < -0.4 is 45.3 Å². The first-order valence-electron chi connectivity index (χ1n) is 15.8. The van der Waals surface area contributed by atoms with Crippen molar-refractivity contribution < 1.29 is 82.0 Å². The van der Waals surface area contributed by atoms with Gasteiger partial charge < -0.3 is 35.5 Å². The molecule has 2 aliphatic heterocycles. The predicted molar refractivity (Wildman–Crippen MR) is 184 cm³/mol. The second kappa shape index (κ2) is 17.9. The Kier molecular flexibility index (Phi) is 14.1. The summed E-state index contributed by atoms with van der Waals surface area (Å²) in [5, 5.41) is 35.5. The summed E-state index contributed by atoms with van der Waals surface area (Å²) in [7, 11) is -4.25. The van der Waals surface area contributed by atoms with Crippen LogP contribution in [0.1, 0.15) is 46.9 Å². The van der Waals surface area contributed by atoms with E-state index in [9.17, 15) is 47.7 Å². The molecule has 4 N–H and O–H groups in total. The van der Waals surface area contributed by atoms with Crippen LogP contribution in [-0.2, 0) is 40.4 Å². The van der Waals surface area contributed by atoms with Crippen LogP contribution in [0.4, 0.5) is 4.79 Å². The van der Waals surface area contributed by atoms with Gasteiger partial charge in [-0.1, -0.05) is 83.9 Å². The zero-order valence-corrected chi connectivity index (χ0v) is 32.5. The first-order valence-corrected chi connectivity index (χ1v) is 18.3. The second-order valence-electron chi connectivity index (χ2n) is 12.1. The van der Waals surface area contributed by atoms with Gasteiger partial charge >= 0.3 is 41.6 Å². The number of carbonyl (C=O) groups excluding carboxylic acids is 4. The summed E-state index contributed by atoms with van der Waals surface area (Å²) in [5.41, 5.74) is 0.504. The number of sulfone groups is 1. The van der Waals surface area contributed by atoms with Crippen molar-refractivity contribution in [3.63, 3.8) is 0 Å². The van der Waals surface area contributed by atoms with Gasteiger partial charge in [-0.2, -0.15) is 0 Å². The van der Waals surface area contributed by atoms with Crippen molar-refractivity contribution >= 4 is 62.9 Å². The summed E-state index contributed by atoms with van der Waals surface area (Å²) in [5.74, 6) is -7.88. The molecule has 0 aliphatic carbocycles. The summed E-state index contributed by atoms with van der Waals surface area (Å²) >= 11 is 12.0. The van der Waals surface area contributed by atoms with E-state index in [2.05, 4.69) is 10.6 Å². The number of carboxylic acid groups (broad SMARTS) is 2. The Labute approximate surface area is 336 Å². The maximum Gasteiger partial charge on any atom is 1.00 e. The monoisotopic (exact) mass is 795 g/mol. The van der Waals surface area contributed by atoms with E-state index in [1.807, 2.05) is 0 Å². The molecule has 5 rings (SSSR count). The molecule has 3 aromatic carbocycles. The molecular formula is C35H32Cl2N3NaO11S. The number of carboxylic acids is 2. The third-order valence-electron chi connectivity index (χ3n) is 8.70. The number of ether oxygens (including phenoxy) is 1. The Hall–Kier alpha value is -3.96. The number of carbonyl (C=O) groups is 5. The van der Waals surface area contributed by atoms with Gasteiger partial charge in [0.15, 0.2) is 15.2 Å². The van der Waals surface area contributed by atoms with Gasteiger partial charge in [0.2, 0.25) is 5.91 Å². The van der Waals surface area contributed by atoms with Gasteiger partial charge in [0.05, 0.1) is 29.9 Å². The molecule has 4 atom stereocenters. The minimum absolute atomic E-state index is 0. The average molecular weight is 797 g/mol. The molecule has 0 aromatic heterocycles. The van der Waals surface area contributed by atoms with E-state index >= 15 is 0 Å². The smallest absolute Gasteiger partial charge is 0.543 e. The Balaban J connectivity index is 0.00000627. The molecule has 1 saturated heterocycles. The largest absolute Gasteiger partial charge is 1.00 e. The third kappa shape index (κ3) is 9.41. The normalized spacial score (nSPS) is 18.4. The van der Waals surface area contributed by atoms with E-state index in [-0.39, 0.29) is 55.6 Å². The number of aliphatic hydroxyl groups is 1. The zero-order valence-electron chi connectivity index (χ0n) is 28.2. The fraction of sp³-hybridized carbons (Fsp3) is 0.286. The number of amides is 3. The van der Waals surface area contributed by atoms with Gasteiger partial charge in [0.25, 0.3) is 5.91 Å². The van der Waals surface area contributed by atoms with Gasteiger partial charge in [-0.3, -0.25) is 19.3 Å². The molecule has 2 aliphatic rings. The number of halogens is 2. The maximum absolute atomic E-state index is 13.9. The molecule has 1 fully saturated rings. The Bertz CT molecular complexity index is 2050. The molecule has 2 heterocycles. The number of benzene rings is 3. The molecular weight excluding hydrogens is 764 g/mol. The summed E-state index contributed by atoms with van der Waals surface area (Å²) in [4.78, 5) is 64.2. The summed E-state index contributed by atoms with van der Waals surface area (Å²) in [6, 6.07) is 17.7. The van der Waals surface area contributed by atoms with Crippen LogP contribution >= 0.6 is 23.2 Å². The number of fused-ring (bicyclic) bond motifs is 1. The van der Waals surface area contributed by atoms with E-state index in [0.29, 0.717) is 37.2 Å². The topological polar surface area (TPSA) is 220 Å². The Morgan fingerprint density at radius 3 is 2.30 bits per heavy atom. The fourth-order valence-corrected chi connectivity index (χ4v) is 8.72. The van der Waals surface area contributed by atoms with E-state index in [1.54, 1.807) is 60.7 Å². The quantitative estimate of drug-likeness (QED) is 0.0889. The van der Waals surface area contributed by atoms with Crippen molar-refractivity contribution in [2.45, 2.75) is 42.7 Å². The Morgan fingerprint density at radius 1 is 0.981 bits per heavy atom. The van der Waals surface area contributed by atoms with Gasteiger partial charge in [-0.25, -0.2) is 13.2 Å². The third-order valence-corrected chi connectivity index (χ3v) is 11.3. The molecule has 53 heavy (non-hydrogen) atoms. The number of nitrogens with zero attached hydrogens (tertiary/aromatic N) is 1. The zero-order chi connectivity index (χ0) is 37.7. The number of rotatable bonds is 14. The Morgan fingerprint density at radius 2 is 1.66 bits per heavy atom. The van der Waals surface area contributed by atoms with Crippen LogP contribution in [0, 0.1) is 0 Å². The number of hydrogen-bond donors (Lipinski definition) is 4. The number of hydrogen-bond acceptors (Lipinski definition) is 10.